The first-order valence-corrected chi connectivity index (χ1v) is 45.5. The number of carbonyl (C=O) groups excluding carboxylic acids is 8. The van der Waals surface area contributed by atoms with Crippen LogP contribution in [0.5, 0.6) is 5.75 Å². The van der Waals surface area contributed by atoms with Gasteiger partial charge in [0.25, 0.3) is 0 Å². The Morgan fingerprint density at radius 3 is 1.22 bits per heavy atom. The van der Waals surface area contributed by atoms with E-state index in [0.29, 0.717) is 89.6 Å². The Kier molecular flexibility index (Phi) is 46.0. The van der Waals surface area contributed by atoms with Crippen LogP contribution in [0.3, 0.4) is 0 Å². The van der Waals surface area contributed by atoms with E-state index in [1.54, 1.807) is 32.8 Å². The Bertz CT molecular complexity index is 4580. The lowest BCUT2D eigenvalue weighted by molar-refractivity contribution is -0.136. The second-order valence-corrected chi connectivity index (χ2v) is 35.1. The number of likely N-dealkylation sites (tertiary alicyclic amines) is 1. The lowest BCUT2D eigenvalue weighted by atomic mass is 10.1. The maximum atomic E-state index is 12.7. The van der Waals surface area contributed by atoms with Crippen molar-refractivity contribution in [2.24, 2.45) is 0 Å². The second kappa shape index (κ2) is 56.2. The summed E-state index contributed by atoms with van der Waals surface area (Å²) in [5.41, 5.74) is 10.1. The fourth-order valence-corrected chi connectivity index (χ4v) is 14.4. The molecule has 8 aromatic carbocycles. The van der Waals surface area contributed by atoms with Gasteiger partial charge in [-0.15, -0.1) is 11.6 Å². The first-order chi connectivity index (χ1) is 61.4. The molecule has 7 saturated heterocycles. The number of aliphatic hydroxyl groups excluding tert-OH is 4. The maximum absolute atomic E-state index is 12.7. The molecular weight excluding hydrogens is 1760 g/mol. The van der Waals surface area contributed by atoms with Gasteiger partial charge in [-0.1, -0.05) is 164 Å². The first-order valence-electron chi connectivity index (χ1n) is 43.9. The predicted octanol–water partition coefficient (Wildman–Crippen LogP) is 13.7. The molecule has 28 heteroatoms. The smallest absolute Gasteiger partial charge is 0.410 e. The van der Waals surface area contributed by atoms with Crippen molar-refractivity contribution in [3.8, 4) is 5.75 Å². The average Bonchev–Trinajstić information content (AvgIpc) is 0.822. The molecule has 6 amide bonds. The van der Waals surface area contributed by atoms with E-state index in [9.17, 15) is 38.4 Å². The molecule has 2 atom stereocenters. The highest BCUT2D eigenvalue weighted by Crippen LogP contribution is 2.25. The molecule has 0 radical (unpaired) electrons. The molecule has 0 spiro atoms. The van der Waals surface area contributed by atoms with E-state index < -0.39 is 17.3 Å². The van der Waals surface area contributed by atoms with Gasteiger partial charge >= 0.3 is 12.2 Å². The Balaban J connectivity index is 0.000000204. The van der Waals surface area contributed by atoms with Crippen molar-refractivity contribution < 1.29 is 77.7 Å². The Morgan fingerprint density at radius 1 is 0.438 bits per heavy atom. The average molecular weight is 1890 g/mol. The van der Waals surface area contributed by atoms with E-state index in [-0.39, 0.29) is 81.1 Å². The molecular formula is C100H132ClIN10O16. The lowest BCUT2D eigenvalue weighted by Gasteiger charge is -2.40. The van der Waals surface area contributed by atoms with Crippen LogP contribution < -0.4 is 25.2 Å². The number of anilines is 2. The molecule has 15 rings (SSSR count). The Morgan fingerprint density at radius 2 is 0.852 bits per heavy atom. The summed E-state index contributed by atoms with van der Waals surface area (Å²) in [7, 11) is 1.65. The molecule has 692 valence electrons. The van der Waals surface area contributed by atoms with Crippen LogP contribution in [0.15, 0.2) is 212 Å². The summed E-state index contributed by atoms with van der Waals surface area (Å²) >= 11 is 7.86. The third-order valence-electron chi connectivity index (χ3n) is 21.0. The van der Waals surface area contributed by atoms with Crippen molar-refractivity contribution in [3.63, 3.8) is 0 Å². The number of Topliss-reactive ketones (excluding diaryl/α,β-unsaturated/α-hetero) is 2. The second-order valence-electron chi connectivity index (χ2n) is 33.6. The zero-order chi connectivity index (χ0) is 92.8. The number of benzene rings is 8. The predicted molar refractivity (Wildman–Crippen MR) is 509 cm³/mol. The molecule has 7 heterocycles. The highest BCUT2D eigenvalue weighted by molar-refractivity contribution is 14.1. The van der Waals surface area contributed by atoms with Crippen LogP contribution in [0.25, 0.3) is 0 Å². The summed E-state index contributed by atoms with van der Waals surface area (Å²) in [5, 5.41) is 42.1. The van der Waals surface area contributed by atoms with Gasteiger partial charge in [-0.05, 0) is 209 Å². The number of carbonyl (C=O) groups is 8. The van der Waals surface area contributed by atoms with Crippen molar-refractivity contribution in [1.82, 2.24) is 40.0 Å². The summed E-state index contributed by atoms with van der Waals surface area (Å²) in [6, 6.07) is 68.6. The fraction of sp³-hybridized carbons (Fsp3) is 0.440. The van der Waals surface area contributed by atoms with E-state index in [2.05, 4.69) is 62.1 Å². The van der Waals surface area contributed by atoms with Crippen LogP contribution in [-0.4, -0.2) is 232 Å². The SMILES string of the molecule is CC(C)(C)OC(=O)N1CCCC(=O)C1.CC(C)(C)OC(=O)N1CCN(Cc2ccc(CO)cc2)C(=O)C1.CC1C(=O)N(Cc2ccc(CO)cc2)CCN1c1ccccc1.CC1CCCO1.COc1ccc(CCl)cc1.Ic1ccccc1.O=C1CCCNC1.O=C1CN(c2ccccc2)CCN1Cc1ccc(CO)cc1.O=C1CNCCN1Cc1ccc(CO)cc1. The molecule has 0 aromatic heterocycles. The number of alkyl halides is 1. The minimum atomic E-state index is -0.564. The standard InChI is InChI=1S/C19H22N2O2.C18H20N2O2.C17H24N2O4.C12H16N2O2.C10H17NO3.C8H9ClO.C6H5I.C5H9NO.C5H10O/c1-15-19(23)20(13-16-7-9-17(14-22)10-8-16)11-12-21(15)18-5-3-2-4-6-18;21-14-16-8-6-15(7-9-16)12-20-11-10-19(13-18(20)22)17-4-2-1-3-5-17;1-17(2,3)23-16(22)19-9-8-18(15(21)11-19)10-13-4-6-14(12-20)7-5-13;15-9-11-3-1-10(2-4-11)8-14-6-5-13-7-12(14)16;1-10(2,3)14-9(13)11-6-4-5-8(12)7-11;1-10-8-4-2-7(6-9)3-5-8;7-6-4-2-1-3-5-6;7-5-2-1-3-6-4-5;1-5-3-2-4-6-5/h2-10,15,22H,11-14H2,1H3;1-9,21H,10-14H2;4-7,20H,8-12H2,1-3H3;1-4,13,15H,5-9H2;4-7H2,1-3H3;2-5H,6H2,1H3;1-5H;6H,1-4H2;5H,2-4H2,1H3. The number of piperazine rings is 4. The van der Waals surface area contributed by atoms with Gasteiger partial charge in [0, 0.05) is 125 Å². The van der Waals surface area contributed by atoms with Crippen molar-refractivity contribution in [2.45, 2.75) is 176 Å². The van der Waals surface area contributed by atoms with Crippen molar-refractivity contribution in [2.75, 3.05) is 122 Å². The number of rotatable bonds is 16. The fourth-order valence-electron chi connectivity index (χ4n) is 13.8. The molecule has 2 unspecified atom stereocenters. The highest BCUT2D eigenvalue weighted by atomic mass is 127. The highest BCUT2D eigenvalue weighted by Gasteiger charge is 2.34. The molecule has 0 bridgehead atoms. The number of ketones is 2. The van der Waals surface area contributed by atoms with E-state index >= 15 is 0 Å². The van der Waals surface area contributed by atoms with Crippen LogP contribution in [0.1, 0.15) is 144 Å². The molecule has 26 nitrogen and oxygen atoms in total. The topological polar surface area (TPSA) is 304 Å². The molecule has 7 aliphatic heterocycles. The third-order valence-corrected chi connectivity index (χ3v) is 22.0. The van der Waals surface area contributed by atoms with Crippen molar-refractivity contribution >= 4 is 92.9 Å². The largest absolute Gasteiger partial charge is 0.497 e. The van der Waals surface area contributed by atoms with Gasteiger partial charge in [-0.2, -0.15) is 0 Å². The molecule has 6 N–H and O–H groups in total. The number of amides is 6. The number of halogens is 2. The summed E-state index contributed by atoms with van der Waals surface area (Å²) in [6.07, 6.45) is 5.39. The van der Waals surface area contributed by atoms with Gasteiger partial charge < -0.3 is 84.3 Å². The number of methoxy groups -OCH3 is 1. The number of hydrogen-bond acceptors (Lipinski definition) is 20. The number of aliphatic hydroxyl groups is 4. The van der Waals surface area contributed by atoms with Crippen LogP contribution in [0.4, 0.5) is 21.0 Å². The summed E-state index contributed by atoms with van der Waals surface area (Å²) < 4.78 is 21.9. The van der Waals surface area contributed by atoms with E-state index in [0.717, 1.165) is 139 Å². The Hall–Kier alpha value is -10.3. The number of nitrogens with one attached hydrogen (secondary N) is 2. The van der Waals surface area contributed by atoms with Crippen molar-refractivity contribution in [3.05, 3.63) is 266 Å². The van der Waals surface area contributed by atoms with Gasteiger partial charge in [-0.25, -0.2) is 9.59 Å². The van der Waals surface area contributed by atoms with Gasteiger partial charge in [0.2, 0.25) is 23.6 Å². The third kappa shape index (κ3) is 39.3. The minimum Gasteiger partial charge on any atom is -0.497 e. The molecule has 7 aliphatic rings. The van der Waals surface area contributed by atoms with Crippen LogP contribution in [-0.2, 0) is 101 Å². The number of ether oxygens (including phenoxy) is 4. The summed E-state index contributed by atoms with van der Waals surface area (Å²) in [4.78, 5) is 108. The number of para-hydroxylation sites is 2. The minimum absolute atomic E-state index is 0.00771. The normalized spacial score (nSPS) is 16.9. The number of piperidine rings is 2. The zero-order valence-corrected chi connectivity index (χ0v) is 78.7. The van der Waals surface area contributed by atoms with Crippen LogP contribution in [0, 0.1) is 3.57 Å². The Labute approximate surface area is 774 Å². The van der Waals surface area contributed by atoms with E-state index in [4.69, 9.17) is 51.0 Å². The maximum Gasteiger partial charge on any atom is 0.410 e. The van der Waals surface area contributed by atoms with Crippen LogP contribution in [0.2, 0.25) is 0 Å². The molecule has 8 aromatic rings. The van der Waals surface area contributed by atoms with E-state index in [1.807, 2.05) is 243 Å². The van der Waals surface area contributed by atoms with E-state index in [1.165, 1.54) is 26.2 Å². The number of nitrogens with zero attached hydrogens (tertiary/aromatic N) is 8. The van der Waals surface area contributed by atoms with Crippen molar-refractivity contribution in [1.29, 1.82) is 0 Å². The number of hydrogen-bond donors (Lipinski definition) is 6. The van der Waals surface area contributed by atoms with Gasteiger partial charge in [0.1, 0.15) is 35.3 Å². The monoisotopic (exact) mass is 1890 g/mol. The summed E-state index contributed by atoms with van der Waals surface area (Å²) in [6.45, 7) is 27.6. The quantitative estimate of drug-likeness (QED) is 0.0387. The molecule has 128 heavy (non-hydrogen) atoms. The first kappa shape index (κ1) is 105. The molecule has 0 saturated carbocycles. The van der Waals surface area contributed by atoms with Crippen LogP contribution >= 0.6 is 34.2 Å². The van der Waals surface area contributed by atoms with Gasteiger partial charge in [0.05, 0.1) is 65.8 Å². The molecule has 0 aliphatic carbocycles. The van der Waals surface area contributed by atoms with Gasteiger partial charge in [0.15, 0.2) is 5.78 Å². The zero-order valence-electron chi connectivity index (χ0n) is 75.8. The summed E-state index contributed by atoms with van der Waals surface area (Å²) in [5.74, 6) is 2.27. The molecule has 7 fully saturated rings. The van der Waals surface area contributed by atoms with Gasteiger partial charge in [-0.3, -0.25) is 33.7 Å². The lowest BCUT2D eigenvalue weighted by Crippen LogP contribution is -2.55.